The Morgan fingerprint density at radius 1 is 1.31 bits per heavy atom. The van der Waals surface area contributed by atoms with E-state index in [2.05, 4.69) is 0 Å². The fourth-order valence-electron chi connectivity index (χ4n) is 3.56. The minimum atomic E-state index is -0.753. The highest BCUT2D eigenvalue weighted by atomic mass is 16.4. The highest BCUT2D eigenvalue weighted by Crippen LogP contribution is 2.44. The number of carboxylic acids is 1. The molecule has 0 amide bonds. The normalized spacial score (nSPS) is 39.2. The van der Waals surface area contributed by atoms with Crippen LogP contribution in [0.4, 0.5) is 0 Å². The summed E-state index contributed by atoms with van der Waals surface area (Å²) in [6.45, 7) is 1.99. The van der Waals surface area contributed by atoms with E-state index in [0.717, 1.165) is 32.1 Å². The van der Waals surface area contributed by atoms with Crippen molar-refractivity contribution in [2.75, 3.05) is 0 Å². The second-order valence-electron chi connectivity index (χ2n) is 5.46. The molecule has 4 atom stereocenters. The molecule has 0 bridgehead atoms. The van der Waals surface area contributed by atoms with Crippen LogP contribution in [0.3, 0.4) is 0 Å². The van der Waals surface area contributed by atoms with Gasteiger partial charge in [-0.3, -0.25) is 9.59 Å². The van der Waals surface area contributed by atoms with Gasteiger partial charge < -0.3 is 5.11 Å². The van der Waals surface area contributed by atoms with E-state index < -0.39 is 5.97 Å². The Kier molecular flexibility index (Phi) is 3.31. The molecular formula is C13H20O3. The van der Waals surface area contributed by atoms with Crippen LogP contribution in [0.5, 0.6) is 0 Å². The molecule has 0 aromatic rings. The van der Waals surface area contributed by atoms with E-state index in [4.69, 9.17) is 5.11 Å². The first kappa shape index (κ1) is 11.6. The fraction of sp³-hybridized carbons (Fsp3) is 0.846. The highest BCUT2D eigenvalue weighted by Gasteiger charge is 2.43. The number of hydrogen-bond acceptors (Lipinski definition) is 2. The maximum Gasteiger partial charge on any atom is 0.303 e. The molecule has 0 saturated heterocycles. The average molecular weight is 224 g/mol. The summed E-state index contributed by atoms with van der Waals surface area (Å²) in [5.41, 5.74) is 0. The Labute approximate surface area is 96.2 Å². The summed E-state index contributed by atoms with van der Waals surface area (Å²) in [6, 6.07) is 0. The van der Waals surface area contributed by atoms with Crippen molar-refractivity contribution in [1.29, 1.82) is 0 Å². The number of rotatable bonds is 2. The molecule has 2 saturated carbocycles. The van der Waals surface area contributed by atoms with Gasteiger partial charge in [0.05, 0.1) is 0 Å². The van der Waals surface area contributed by atoms with Crippen molar-refractivity contribution in [1.82, 2.24) is 0 Å². The fourth-order valence-corrected chi connectivity index (χ4v) is 3.56. The Morgan fingerprint density at radius 3 is 2.75 bits per heavy atom. The van der Waals surface area contributed by atoms with Crippen molar-refractivity contribution >= 4 is 11.8 Å². The maximum atomic E-state index is 12.2. The van der Waals surface area contributed by atoms with Gasteiger partial charge in [0.2, 0.25) is 0 Å². The van der Waals surface area contributed by atoms with Gasteiger partial charge in [-0.2, -0.15) is 0 Å². The third kappa shape index (κ3) is 2.13. The molecular weight excluding hydrogens is 204 g/mol. The number of carbonyl (C=O) groups is 2. The molecule has 2 aliphatic carbocycles. The summed E-state index contributed by atoms with van der Waals surface area (Å²) in [6.07, 6.45) is 5.44. The summed E-state index contributed by atoms with van der Waals surface area (Å²) < 4.78 is 0. The number of carboxylic acid groups (broad SMARTS) is 1. The molecule has 0 aromatic heterocycles. The first-order valence-corrected chi connectivity index (χ1v) is 6.35. The molecule has 0 unspecified atom stereocenters. The van der Waals surface area contributed by atoms with E-state index in [9.17, 15) is 9.59 Å². The van der Waals surface area contributed by atoms with Gasteiger partial charge in [-0.1, -0.05) is 13.3 Å². The predicted octanol–water partition coefficient (Wildman–Crippen LogP) is 2.49. The molecule has 16 heavy (non-hydrogen) atoms. The van der Waals surface area contributed by atoms with Crippen LogP contribution < -0.4 is 0 Å². The quantitative estimate of drug-likeness (QED) is 0.784. The summed E-state index contributed by atoms with van der Waals surface area (Å²) >= 11 is 0. The standard InChI is InChI=1S/C13H20O3/c1-8-5-6-9-3-2-4-10(7-11(14)15)12(9)13(8)16/h8-10,12H,2-7H2,1H3,(H,14,15)/t8-,9-,10+,12-/m0/s1. The lowest BCUT2D eigenvalue weighted by Crippen LogP contribution is -2.41. The van der Waals surface area contributed by atoms with Gasteiger partial charge >= 0.3 is 5.97 Å². The van der Waals surface area contributed by atoms with Crippen molar-refractivity contribution in [3.63, 3.8) is 0 Å². The molecule has 2 rings (SSSR count). The number of hydrogen-bond donors (Lipinski definition) is 1. The van der Waals surface area contributed by atoms with Crippen LogP contribution >= 0.6 is 0 Å². The molecule has 0 radical (unpaired) electrons. The topological polar surface area (TPSA) is 54.4 Å². The summed E-state index contributed by atoms with van der Waals surface area (Å²) in [5, 5.41) is 8.90. The first-order chi connectivity index (χ1) is 7.59. The van der Waals surface area contributed by atoms with Gasteiger partial charge in [-0.25, -0.2) is 0 Å². The third-order valence-corrected chi connectivity index (χ3v) is 4.39. The van der Waals surface area contributed by atoms with Crippen LogP contribution in [0.2, 0.25) is 0 Å². The summed E-state index contributed by atoms with van der Waals surface area (Å²) in [4.78, 5) is 23.0. The molecule has 0 heterocycles. The first-order valence-electron chi connectivity index (χ1n) is 6.35. The van der Waals surface area contributed by atoms with E-state index in [1.165, 1.54) is 0 Å². The number of carbonyl (C=O) groups excluding carboxylic acids is 1. The van der Waals surface area contributed by atoms with Crippen LogP contribution in [0.15, 0.2) is 0 Å². The van der Waals surface area contributed by atoms with E-state index in [0.29, 0.717) is 11.7 Å². The molecule has 2 aliphatic rings. The largest absolute Gasteiger partial charge is 0.481 e. The minimum Gasteiger partial charge on any atom is -0.481 e. The highest BCUT2D eigenvalue weighted by molar-refractivity contribution is 5.85. The number of aliphatic carboxylic acids is 1. The lowest BCUT2D eigenvalue weighted by molar-refractivity contribution is -0.142. The van der Waals surface area contributed by atoms with Gasteiger partial charge in [0.15, 0.2) is 0 Å². The molecule has 3 nitrogen and oxygen atoms in total. The number of ketones is 1. The van der Waals surface area contributed by atoms with E-state index in [1.54, 1.807) is 0 Å². The van der Waals surface area contributed by atoms with Crippen molar-refractivity contribution in [2.24, 2.45) is 23.7 Å². The number of Topliss-reactive ketones (excluding diaryl/α,β-unsaturated/α-hetero) is 1. The van der Waals surface area contributed by atoms with Gasteiger partial charge in [-0.05, 0) is 37.5 Å². The zero-order valence-electron chi connectivity index (χ0n) is 9.82. The summed E-state index contributed by atoms with van der Waals surface area (Å²) in [7, 11) is 0. The lowest BCUT2D eigenvalue weighted by atomic mass is 9.62. The van der Waals surface area contributed by atoms with Gasteiger partial charge in [0.1, 0.15) is 5.78 Å². The zero-order valence-corrected chi connectivity index (χ0v) is 9.82. The van der Waals surface area contributed by atoms with Gasteiger partial charge in [0, 0.05) is 18.3 Å². The molecule has 0 spiro atoms. The van der Waals surface area contributed by atoms with Crippen LogP contribution in [-0.4, -0.2) is 16.9 Å². The Bertz CT molecular complexity index is 298. The van der Waals surface area contributed by atoms with Gasteiger partial charge in [0.25, 0.3) is 0 Å². The molecule has 0 aromatic carbocycles. The molecule has 1 N–H and O–H groups in total. The monoisotopic (exact) mass is 224 g/mol. The molecule has 2 fully saturated rings. The van der Waals surface area contributed by atoms with E-state index in [-0.39, 0.29) is 24.2 Å². The van der Waals surface area contributed by atoms with E-state index >= 15 is 0 Å². The lowest BCUT2D eigenvalue weighted by Gasteiger charge is -2.41. The molecule has 90 valence electrons. The zero-order chi connectivity index (χ0) is 11.7. The Balaban J connectivity index is 2.13. The van der Waals surface area contributed by atoms with Crippen LogP contribution in [-0.2, 0) is 9.59 Å². The average Bonchev–Trinajstić information content (AvgIpc) is 2.23. The van der Waals surface area contributed by atoms with Crippen molar-refractivity contribution < 1.29 is 14.7 Å². The van der Waals surface area contributed by atoms with Crippen molar-refractivity contribution in [3.05, 3.63) is 0 Å². The van der Waals surface area contributed by atoms with Crippen LogP contribution in [0.25, 0.3) is 0 Å². The van der Waals surface area contributed by atoms with Crippen LogP contribution in [0, 0.1) is 23.7 Å². The SMILES string of the molecule is C[C@H]1CC[C@@H]2CCC[C@H](CC(=O)O)[C@H]2C1=O. The molecule has 3 heteroatoms. The Hall–Kier alpha value is -0.860. The number of fused-ring (bicyclic) bond motifs is 1. The van der Waals surface area contributed by atoms with E-state index in [1.807, 2.05) is 6.92 Å². The maximum absolute atomic E-state index is 12.2. The predicted molar refractivity (Wildman–Crippen MR) is 60.0 cm³/mol. The van der Waals surface area contributed by atoms with Crippen molar-refractivity contribution in [3.8, 4) is 0 Å². The second-order valence-corrected chi connectivity index (χ2v) is 5.46. The Morgan fingerprint density at radius 2 is 2.06 bits per heavy atom. The third-order valence-electron chi connectivity index (χ3n) is 4.39. The minimum absolute atomic E-state index is 0.0496. The molecule has 0 aliphatic heterocycles. The smallest absolute Gasteiger partial charge is 0.303 e. The summed E-state index contributed by atoms with van der Waals surface area (Å²) in [5.74, 6) is 0.358. The second kappa shape index (κ2) is 4.56. The van der Waals surface area contributed by atoms with Crippen molar-refractivity contribution in [2.45, 2.75) is 45.4 Å². The van der Waals surface area contributed by atoms with Crippen LogP contribution in [0.1, 0.15) is 45.4 Å². The van der Waals surface area contributed by atoms with Gasteiger partial charge in [-0.15, -0.1) is 0 Å².